The van der Waals surface area contributed by atoms with Gasteiger partial charge in [0.15, 0.2) is 0 Å². The van der Waals surface area contributed by atoms with Crippen LogP contribution >= 0.6 is 0 Å². The number of hydrogen-bond acceptors (Lipinski definition) is 3. The first-order valence-corrected chi connectivity index (χ1v) is 9.09. The fourth-order valence-corrected chi connectivity index (χ4v) is 3.28. The van der Waals surface area contributed by atoms with Gasteiger partial charge in [-0.1, -0.05) is 6.07 Å². The second-order valence-electron chi connectivity index (χ2n) is 6.96. The summed E-state index contributed by atoms with van der Waals surface area (Å²) < 4.78 is 1.99. The van der Waals surface area contributed by atoms with Crippen LogP contribution in [0.4, 0.5) is 0 Å². The van der Waals surface area contributed by atoms with E-state index in [0.29, 0.717) is 0 Å². The molecule has 0 N–H and O–H groups in total. The van der Waals surface area contributed by atoms with Gasteiger partial charge in [-0.3, -0.25) is 14.4 Å². The summed E-state index contributed by atoms with van der Waals surface area (Å²) in [5.41, 5.74) is 5.60. The molecule has 2 heterocycles. The lowest BCUT2D eigenvalue weighted by molar-refractivity contribution is 0.0628. The summed E-state index contributed by atoms with van der Waals surface area (Å²) in [5, 5.41) is 4.52. The minimum absolute atomic E-state index is 0.151. The summed E-state index contributed by atoms with van der Waals surface area (Å²) in [6.07, 6.45) is 2.14. The van der Waals surface area contributed by atoms with Gasteiger partial charge in [-0.15, -0.1) is 0 Å². The molecule has 0 spiro atoms. The van der Waals surface area contributed by atoms with Gasteiger partial charge in [-0.25, -0.2) is 0 Å². The van der Waals surface area contributed by atoms with Gasteiger partial charge in [0.25, 0.3) is 5.91 Å². The highest BCUT2D eigenvalue weighted by Crippen LogP contribution is 2.15. The van der Waals surface area contributed by atoms with Crippen molar-refractivity contribution in [2.45, 2.75) is 40.8 Å². The fraction of sp³-hybridized carbons (Fsp3) is 0.500. The van der Waals surface area contributed by atoms with Crippen molar-refractivity contribution in [1.29, 1.82) is 0 Å². The first-order chi connectivity index (χ1) is 12.0. The number of nitrogens with zero attached hydrogens (tertiary/aromatic N) is 4. The first kappa shape index (κ1) is 17.7. The maximum absolute atomic E-state index is 12.7. The Bertz CT molecular complexity index is 757. The molecule has 5 heteroatoms. The Hall–Kier alpha value is -2.14. The number of rotatable bonds is 4. The normalized spacial score (nSPS) is 15.6. The number of aromatic nitrogens is 2. The summed E-state index contributed by atoms with van der Waals surface area (Å²) in [6, 6.07) is 5.99. The summed E-state index contributed by atoms with van der Waals surface area (Å²) in [5.74, 6) is 0.151. The molecule has 0 aliphatic carbocycles. The molecule has 5 nitrogen and oxygen atoms in total. The molecule has 0 bridgehead atoms. The zero-order chi connectivity index (χ0) is 18.0. The van der Waals surface area contributed by atoms with E-state index in [2.05, 4.69) is 43.9 Å². The minimum Gasteiger partial charge on any atom is -0.336 e. The number of hydrogen-bond donors (Lipinski definition) is 0. The second kappa shape index (κ2) is 7.40. The second-order valence-corrected chi connectivity index (χ2v) is 6.96. The highest BCUT2D eigenvalue weighted by Gasteiger charge is 2.23. The van der Waals surface area contributed by atoms with E-state index >= 15 is 0 Å². The predicted octanol–water partition coefficient (Wildman–Crippen LogP) is 2.79. The molecule has 1 amide bonds. The number of benzene rings is 1. The van der Waals surface area contributed by atoms with E-state index < -0.39 is 0 Å². The Morgan fingerprint density at radius 3 is 2.40 bits per heavy atom. The van der Waals surface area contributed by atoms with E-state index in [-0.39, 0.29) is 5.91 Å². The van der Waals surface area contributed by atoms with Crippen LogP contribution in [0.1, 0.15) is 39.7 Å². The molecule has 0 atom stereocenters. The molecule has 2 aromatic rings. The van der Waals surface area contributed by atoms with Crippen molar-refractivity contribution in [2.24, 2.45) is 0 Å². The van der Waals surface area contributed by atoms with Crippen molar-refractivity contribution in [3.05, 3.63) is 52.3 Å². The molecule has 1 aromatic carbocycles. The molecule has 0 radical (unpaired) electrons. The average molecular weight is 340 g/mol. The van der Waals surface area contributed by atoms with E-state index in [1.165, 1.54) is 16.7 Å². The summed E-state index contributed by atoms with van der Waals surface area (Å²) in [4.78, 5) is 17.1. The molecular weight excluding hydrogens is 312 g/mol. The third-order valence-electron chi connectivity index (χ3n) is 5.18. The average Bonchev–Trinajstić information content (AvgIpc) is 2.97. The van der Waals surface area contributed by atoms with Gasteiger partial charge in [-0.05, 0) is 51.0 Å². The molecule has 25 heavy (non-hydrogen) atoms. The Balaban J connectivity index is 1.58. The van der Waals surface area contributed by atoms with Crippen LogP contribution in [0.25, 0.3) is 0 Å². The van der Waals surface area contributed by atoms with Crippen molar-refractivity contribution in [2.75, 3.05) is 26.2 Å². The largest absolute Gasteiger partial charge is 0.336 e. The van der Waals surface area contributed by atoms with E-state index in [4.69, 9.17) is 0 Å². The van der Waals surface area contributed by atoms with Gasteiger partial charge in [-0.2, -0.15) is 5.10 Å². The molecule has 1 saturated heterocycles. The van der Waals surface area contributed by atoms with E-state index in [1.54, 1.807) is 0 Å². The number of amides is 1. The Kier molecular flexibility index (Phi) is 5.23. The molecule has 1 aromatic heterocycles. The van der Waals surface area contributed by atoms with E-state index in [0.717, 1.165) is 50.5 Å². The maximum Gasteiger partial charge on any atom is 0.253 e. The van der Waals surface area contributed by atoms with Crippen LogP contribution in [0.3, 0.4) is 0 Å². The standard InChI is InChI=1S/C20H28N4O/c1-5-24-14-19(17(4)21-24)13-22-8-10-23(11-9-22)20(25)18-7-6-15(2)16(3)12-18/h6-7,12,14H,5,8-11,13H2,1-4H3. The molecule has 0 unspecified atom stereocenters. The van der Waals surface area contributed by atoms with Crippen molar-refractivity contribution in [3.8, 4) is 0 Å². The molecule has 1 aliphatic rings. The van der Waals surface area contributed by atoms with E-state index in [1.807, 2.05) is 27.8 Å². The highest BCUT2D eigenvalue weighted by molar-refractivity contribution is 5.94. The van der Waals surface area contributed by atoms with Crippen molar-refractivity contribution < 1.29 is 4.79 Å². The SMILES string of the molecule is CCn1cc(CN2CCN(C(=O)c3ccc(C)c(C)c3)CC2)c(C)n1. The quantitative estimate of drug-likeness (QED) is 0.859. The van der Waals surface area contributed by atoms with Gasteiger partial charge in [0, 0.05) is 56.6 Å². The third-order valence-corrected chi connectivity index (χ3v) is 5.18. The number of aryl methyl sites for hydroxylation is 4. The van der Waals surface area contributed by atoms with Gasteiger partial charge in [0.05, 0.1) is 5.69 Å². The Morgan fingerprint density at radius 2 is 1.80 bits per heavy atom. The highest BCUT2D eigenvalue weighted by atomic mass is 16.2. The van der Waals surface area contributed by atoms with Crippen LogP contribution in [0.2, 0.25) is 0 Å². The van der Waals surface area contributed by atoms with Crippen molar-refractivity contribution in [3.63, 3.8) is 0 Å². The van der Waals surface area contributed by atoms with Crippen molar-refractivity contribution >= 4 is 5.91 Å². The van der Waals surface area contributed by atoms with E-state index in [9.17, 15) is 4.79 Å². The monoisotopic (exact) mass is 340 g/mol. The lowest BCUT2D eigenvalue weighted by atomic mass is 10.1. The lowest BCUT2D eigenvalue weighted by Crippen LogP contribution is -2.48. The van der Waals surface area contributed by atoms with Gasteiger partial charge < -0.3 is 4.90 Å². The number of carbonyl (C=O) groups is 1. The molecule has 134 valence electrons. The third kappa shape index (κ3) is 3.93. The summed E-state index contributed by atoms with van der Waals surface area (Å²) in [6.45, 7) is 13.5. The zero-order valence-corrected chi connectivity index (χ0v) is 15.7. The molecule has 3 rings (SSSR count). The van der Waals surface area contributed by atoms with Crippen LogP contribution in [-0.2, 0) is 13.1 Å². The summed E-state index contributed by atoms with van der Waals surface area (Å²) >= 11 is 0. The van der Waals surface area contributed by atoms with Crippen LogP contribution in [0.5, 0.6) is 0 Å². The Labute approximate surface area is 150 Å². The smallest absolute Gasteiger partial charge is 0.253 e. The molecule has 1 aliphatic heterocycles. The van der Waals surface area contributed by atoms with Gasteiger partial charge in [0.2, 0.25) is 0 Å². The zero-order valence-electron chi connectivity index (χ0n) is 15.7. The predicted molar refractivity (Wildman–Crippen MR) is 99.7 cm³/mol. The van der Waals surface area contributed by atoms with Crippen LogP contribution in [0.15, 0.2) is 24.4 Å². The topological polar surface area (TPSA) is 41.4 Å². The summed E-state index contributed by atoms with van der Waals surface area (Å²) in [7, 11) is 0. The molecule has 0 saturated carbocycles. The maximum atomic E-state index is 12.7. The molecule has 1 fully saturated rings. The number of carbonyl (C=O) groups excluding carboxylic acids is 1. The molecular formula is C20H28N4O. The van der Waals surface area contributed by atoms with Crippen LogP contribution < -0.4 is 0 Å². The fourth-order valence-electron chi connectivity index (χ4n) is 3.28. The van der Waals surface area contributed by atoms with Crippen LogP contribution in [-0.4, -0.2) is 51.7 Å². The lowest BCUT2D eigenvalue weighted by Gasteiger charge is -2.34. The minimum atomic E-state index is 0.151. The Morgan fingerprint density at radius 1 is 1.08 bits per heavy atom. The van der Waals surface area contributed by atoms with Crippen LogP contribution in [0, 0.1) is 20.8 Å². The van der Waals surface area contributed by atoms with Gasteiger partial charge in [0.1, 0.15) is 0 Å². The van der Waals surface area contributed by atoms with Crippen molar-refractivity contribution in [1.82, 2.24) is 19.6 Å². The number of piperazine rings is 1. The first-order valence-electron chi connectivity index (χ1n) is 9.09. The van der Waals surface area contributed by atoms with Gasteiger partial charge >= 0.3 is 0 Å².